The van der Waals surface area contributed by atoms with Crippen molar-refractivity contribution in [2.45, 2.75) is 19.8 Å². The number of ketones is 1. The maximum atomic E-state index is 13.0. The second-order valence-electron chi connectivity index (χ2n) is 5.95. The van der Waals surface area contributed by atoms with Crippen LogP contribution in [0.2, 0.25) is 0 Å². The van der Waals surface area contributed by atoms with E-state index in [2.05, 4.69) is 5.32 Å². The molecule has 2 atom stereocenters. The Hall–Kier alpha value is -1.46. The highest BCUT2D eigenvalue weighted by Gasteiger charge is 2.30. The second-order valence-corrected chi connectivity index (χ2v) is 5.95. The summed E-state index contributed by atoms with van der Waals surface area (Å²) in [6.07, 6.45) is 1.61. The molecule has 1 N–H and O–H groups in total. The van der Waals surface area contributed by atoms with Crippen LogP contribution in [0.1, 0.15) is 30.1 Å². The van der Waals surface area contributed by atoms with E-state index in [1.54, 1.807) is 4.90 Å². The number of amides is 1. The molecule has 0 bridgehead atoms. The van der Waals surface area contributed by atoms with E-state index in [9.17, 15) is 14.0 Å². The summed E-state index contributed by atoms with van der Waals surface area (Å²) in [5, 5.41) is 3.00. The molecule has 1 heterocycles. The van der Waals surface area contributed by atoms with Crippen LogP contribution in [0.15, 0.2) is 24.3 Å². The highest BCUT2D eigenvalue weighted by atomic mass is 35.5. The minimum absolute atomic E-state index is 0. The van der Waals surface area contributed by atoms with Crippen molar-refractivity contribution in [1.82, 2.24) is 10.2 Å². The van der Waals surface area contributed by atoms with Crippen LogP contribution in [0.4, 0.5) is 4.39 Å². The zero-order valence-electron chi connectivity index (χ0n) is 13.5. The number of hydrogen-bond donors (Lipinski definition) is 1. The van der Waals surface area contributed by atoms with Crippen LogP contribution < -0.4 is 5.32 Å². The number of likely N-dealkylation sites (tertiary alicyclic amines) is 1. The molecule has 0 saturated carbocycles. The number of piperidine rings is 1. The van der Waals surface area contributed by atoms with Crippen molar-refractivity contribution < 1.29 is 14.0 Å². The average molecular weight is 343 g/mol. The van der Waals surface area contributed by atoms with Crippen molar-refractivity contribution >= 4 is 24.1 Å². The van der Waals surface area contributed by atoms with Crippen LogP contribution in [0.25, 0.3) is 0 Å². The van der Waals surface area contributed by atoms with E-state index in [1.807, 2.05) is 14.0 Å². The third-order valence-corrected chi connectivity index (χ3v) is 4.16. The molecule has 2 unspecified atom stereocenters. The van der Waals surface area contributed by atoms with Gasteiger partial charge in [-0.05, 0) is 44.2 Å². The van der Waals surface area contributed by atoms with Gasteiger partial charge in [0.1, 0.15) is 5.82 Å². The van der Waals surface area contributed by atoms with Gasteiger partial charge in [0.15, 0.2) is 5.78 Å². The van der Waals surface area contributed by atoms with Crippen LogP contribution in [-0.2, 0) is 4.79 Å². The molecule has 1 fully saturated rings. The SMILES string of the molecule is CNCC(C)C(=O)N1CCCC(C(=O)c2ccc(F)cc2)C1.Cl. The Morgan fingerprint density at radius 1 is 1.35 bits per heavy atom. The summed E-state index contributed by atoms with van der Waals surface area (Å²) < 4.78 is 13.0. The highest BCUT2D eigenvalue weighted by Crippen LogP contribution is 2.22. The molecule has 4 nitrogen and oxygen atoms in total. The number of hydrogen-bond acceptors (Lipinski definition) is 3. The van der Waals surface area contributed by atoms with E-state index in [0.29, 0.717) is 25.2 Å². The minimum atomic E-state index is -0.349. The van der Waals surface area contributed by atoms with E-state index in [0.717, 1.165) is 12.8 Å². The molecular formula is C17H24ClFN2O2. The first-order chi connectivity index (χ1) is 10.5. The van der Waals surface area contributed by atoms with Gasteiger partial charge in [0.05, 0.1) is 0 Å². The molecule has 0 aromatic heterocycles. The van der Waals surface area contributed by atoms with E-state index in [-0.39, 0.29) is 41.8 Å². The van der Waals surface area contributed by atoms with Gasteiger partial charge in [0.2, 0.25) is 5.91 Å². The molecule has 2 rings (SSSR count). The number of nitrogens with one attached hydrogen (secondary N) is 1. The van der Waals surface area contributed by atoms with Gasteiger partial charge in [0, 0.05) is 37.0 Å². The quantitative estimate of drug-likeness (QED) is 0.836. The number of benzene rings is 1. The lowest BCUT2D eigenvalue weighted by Gasteiger charge is -2.33. The number of halogens is 2. The molecule has 128 valence electrons. The molecule has 6 heteroatoms. The molecule has 23 heavy (non-hydrogen) atoms. The molecule has 1 aromatic carbocycles. The number of Topliss-reactive ketones (excluding diaryl/α,β-unsaturated/α-hetero) is 1. The maximum absolute atomic E-state index is 13.0. The van der Waals surface area contributed by atoms with Gasteiger partial charge in [-0.2, -0.15) is 0 Å². The van der Waals surface area contributed by atoms with Crippen molar-refractivity contribution in [2.75, 3.05) is 26.7 Å². The fraction of sp³-hybridized carbons (Fsp3) is 0.529. The summed E-state index contributed by atoms with van der Waals surface area (Å²) >= 11 is 0. The summed E-state index contributed by atoms with van der Waals surface area (Å²) in [4.78, 5) is 26.7. The summed E-state index contributed by atoms with van der Waals surface area (Å²) in [6.45, 7) is 3.69. The largest absolute Gasteiger partial charge is 0.342 e. The van der Waals surface area contributed by atoms with Crippen LogP contribution in [0.3, 0.4) is 0 Å². The van der Waals surface area contributed by atoms with Gasteiger partial charge < -0.3 is 10.2 Å². The Kier molecular flexibility index (Phi) is 7.65. The third-order valence-electron chi connectivity index (χ3n) is 4.16. The predicted octanol–water partition coefficient (Wildman–Crippen LogP) is 2.52. The van der Waals surface area contributed by atoms with Gasteiger partial charge in [-0.3, -0.25) is 9.59 Å². The fourth-order valence-electron chi connectivity index (χ4n) is 2.95. The molecule has 1 amide bonds. The molecule has 1 aliphatic heterocycles. The first kappa shape index (κ1) is 19.6. The Morgan fingerprint density at radius 2 is 2.00 bits per heavy atom. The van der Waals surface area contributed by atoms with Gasteiger partial charge in [-0.1, -0.05) is 6.92 Å². The number of carbonyl (C=O) groups excluding carboxylic acids is 2. The summed E-state index contributed by atoms with van der Waals surface area (Å²) in [6, 6.07) is 5.63. The van der Waals surface area contributed by atoms with Gasteiger partial charge in [-0.15, -0.1) is 12.4 Å². The zero-order chi connectivity index (χ0) is 16.1. The van der Waals surface area contributed by atoms with E-state index >= 15 is 0 Å². The van der Waals surface area contributed by atoms with E-state index in [1.165, 1.54) is 24.3 Å². The standard InChI is InChI=1S/C17H23FN2O2.ClH/c1-12(10-19-2)17(22)20-9-3-4-14(11-20)16(21)13-5-7-15(18)8-6-13;/h5-8,12,14,19H,3-4,9-11H2,1-2H3;1H. The number of nitrogens with zero attached hydrogens (tertiary/aromatic N) is 1. The first-order valence-corrected chi connectivity index (χ1v) is 7.76. The molecule has 0 radical (unpaired) electrons. The molecule has 1 saturated heterocycles. The normalized spacial score (nSPS) is 18.9. The van der Waals surface area contributed by atoms with Gasteiger partial charge >= 0.3 is 0 Å². The third kappa shape index (κ3) is 5.01. The Balaban J connectivity index is 0.00000264. The Morgan fingerprint density at radius 3 is 2.61 bits per heavy atom. The van der Waals surface area contributed by atoms with Crippen molar-refractivity contribution in [2.24, 2.45) is 11.8 Å². The van der Waals surface area contributed by atoms with Crippen molar-refractivity contribution in [3.8, 4) is 0 Å². The average Bonchev–Trinajstić information content (AvgIpc) is 2.54. The Labute approximate surface area is 142 Å². The smallest absolute Gasteiger partial charge is 0.226 e. The van der Waals surface area contributed by atoms with Gasteiger partial charge in [0.25, 0.3) is 0 Å². The molecule has 1 aromatic rings. The zero-order valence-corrected chi connectivity index (χ0v) is 14.4. The number of rotatable bonds is 5. The summed E-state index contributed by atoms with van der Waals surface area (Å²) in [5.74, 6) is -0.544. The lowest BCUT2D eigenvalue weighted by Crippen LogP contribution is -2.45. The topological polar surface area (TPSA) is 49.4 Å². The van der Waals surface area contributed by atoms with Crippen LogP contribution in [0, 0.1) is 17.7 Å². The minimum Gasteiger partial charge on any atom is -0.342 e. The second kappa shape index (κ2) is 8.99. The first-order valence-electron chi connectivity index (χ1n) is 7.76. The van der Waals surface area contributed by atoms with Crippen molar-refractivity contribution in [3.05, 3.63) is 35.6 Å². The molecule has 0 aliphatic carbocycles. The van der Waals surface area contributed by atoms with Crippen molar-refractivity contribution in [3.63, 3.8) is 0 Å². The van der Waals surface area contributed by atoms with E-state index < -0.39 is 0 Å². The number of carbonyl (C=O) groups is 2. The molecule has 0 spiro atoms. The maximum Gasteiger partial charge on any atom is 0.226 e. The van der Waals surface area contributed by atoms with E-state index in [4.69, 9.17) is 0 Å². The molecular weight excluding hydrogens is 319 g/mol. The lowest BCUT2D eigenvalue weighted by molar-refractivity contribution is -0.136. The van der Waals surface area contributed by atoms with Crippen molar-refractivity contribution in [1.29, 1.82) is 0 Å². The van der Waals surface area contributed by atoms with Crippen LogP contribution in [-0.4, -0.2) is 43.3 Å². The Bertz CT molecular complexity index is 536. The molecule has 1 aliphatic rings. The monoisotopic (exact) mass is 342 g/mol. The lowest BCUT2D eigenvalue weighted by atomic mass is 9.89. The van der Waals surface area contributed by atoms with Crippen LogP contribution in [0.5, 0.6) is 0 Å². The summed E-state index contributed by atoms with van der Waals surface area (Å²) in [5.41, 5.74) is 0.518. The summed E-state index contributed by atoms with van der Waals surface area (Å²) in [7, 11) is 1.82. The predicted molar refractivity (Wildman–Crippen MR) is 90.4 cm³/mol. The van der Waals surface area contributed by atoms with Gasteiger partial charge in [-0.25, -0.2) is 4.39 Å². The van der Waals surface area contributed by atoms with Crippen LogP contribution >= 0.6 is 12.4 Å². The highest BCUT2D eigenvalue weighted by molar-refractivity contribution is 5.98. The fourth-order valence-corrected chi connectivity index (χ4v) is 2.95.